The van der Waals surface area contributed by atoms with E-state index < -0.39 is 0 Å². The number of hydrogen-bond donors (Lipinski definition) is 1. The SMILES string of the molecule is COc1ncnc(Oc2ccc(I)cc2)c1N. The molecule has 0 fully saturated rings. The van der Waals surface area contributed by atoms with Crippen LogP contribution in [0.1, 0.15) is 0 Å². The second kappa shape index (κ2) is 5.17. The number of methoxy groups -OCH3 is 1. The maximum absolute atomic E-state index is 5.80. The molecule has 0 aliphatic heterocycles. The first-order valence-electron chi connectivity index (χ1n) is 4.78. The van der Waals surface area contributed by atoms with Crippen LogP contribution in [0.15, 0.2) is 30.6 Å². The Morgan fingerprint density at radius 1 is 1.12 bits per heavy atom. The highest BCUT2D eigenvalue weighted by molar-refractivity contribution is 14.1. The van der Waals surface area contributed by atoms with Crippen LogP contribution in [0.4, 0.5) is 5.69 Å². The summed E-state index contributed by atoms with van der Waals surface area (Å²) in [5.74, 6) is 1.26. The molecule has 1 aromatic carbocycles. The van der Waals surface area contributed by atoms with Crippen LogP contribution < -0.4 is 15.2 Å². The van der Waals surface area contributed by atoms with Gasteiger partial charge >= 0.3 is 0 Å². The van der Waals surface area contributed by atoms with E-state index in [0.717, 1.165) is 3.57 Å². The summed E-state index contributed by atoms with van der Waals surface area (Å²) < 4.78 is 11.7. The Bertz CT molecular complexity index is 517. The molecule has 0 atom stereocenters. The summed E-state index contributed by atoms with van der Waals surface area (Å²) in [5.41, 5.74) is 6.08. The van der Waals surface area contributed by atoms with E-state index in [1.807, 2.05) is 24.3 Å². The average Bonchev–Trinajstić information content (AvgIpc) is 2.35. The lowest BCUT2D eigenvalue weighted by atomic mass is 10.3. The number of hydrogen-bond acceptors (Lipinski definition) is 5. The fourth-order valence-electron chi connectivity index (χ4n) is 1.22. The lowest BCUT2D eigenvalue weighted by Gasteiger charge is -2.08. The number of aromatic nitrogens is 2. The van der Waals surface area contributed by atoms with Gasteiger partial charge < -0.3 is 15.2 Å². The largest absolute Gasteiger partial charge is 0.479 e. The van der Waals surface area contributed by atoms with Crippen LogP contribution in [-0.2, 0) is 0 Å². The van der Waals surface area contributed by atoms with E-state index in [4.69, 9.17) is 15.2 Å². The van der Waals surface area contributed by atoms with Crippen LogP contribution in [0.2, 0.25) is 0 Å². The van der Waals surface area contributed by atoms with Crippen molar-refractivity contribution in [2.45, 2.75) is 0 Å². The van der Waals surface area contributed by atoms with Crippen LogP contribution in [0.5, 0.6) is 17.5 Å². The second-order valence-corrected chi connectivity index (χ2v) is 4.40. The van der Waals surface area contributed by atoms with Crippen molar-refractivity contribution in [1.82, 2.24) is 9.97 Å². The highest BCUT2D eigenvalue weighted by Gasteiger charge is 2.10. The molecule has 0 amide bonds. The molecule has 17 heavy (non-hydrogen) atoms. The van der Waals surface area contributed by atoms with Crippen LogP contribution in [0, 0.1) is 3.57 Å². The lowest BCUT2D eigenvalue weighted by molar-refractivity contribution is 0.391. The molecular weight excluding hydrogens is 333 g/mol. The number of ether oxygens (including phenoxy) is 2. The van der Waals surface area contributed by atoms with Crippen molar-refractivity contribution in [1.29, 1.82) is 0 Å². The summed E-state index contributed by atoms with van der Waals surface area (Å²) in [6.45, 7) is 0. The van der Waals surface area contributed by atoms with E-state index in [0.29, 0.717) is 11.6 Å². The number of halogens is 1. The standard InChI is InChI=1S/C11H10IN3O2/c1-16-10-9(13)11(15-6-14-10)17-8-4-2-7(12)3-5-8/h2-6H,13H2,1H3. The Labute approximate surface area is 112 Å². The minimum atomic E-state index is 0.286. The van der Waals surface area contributed by atoms with E-state index in [2.05, 4.69) is 32.6 Å². The van der Waals surface area contributed by atoms with Gasteiger partial charge in [-0.05, 0) is 46.9 Å². The van der Waals surface area contributed by atoms with Gasteiger partial charge in [0.2, 0.25) is 11.8 Å². The second-order valence-electron chi connectivity index (χ2n) is 3.16. The first-order valence-corrected chi connectivity index (χ1v) is 5.86. The van der Waals surface area contributed by atoms with Gasteiger partial charge in [-0.25, -0.2) is 0 Å². The van der Waals surface area contributed by atoms with E-state index in [1.54, 1.807) is 0 Å². The number of rotatable bonds is 3. The Kier molecular flexibility index (Phi) is 3.62. The molecule has 0 aliphatic rings. The van der Waals surface area contributed by atoms with Gasteiger partial charge in [0.25, 0.3) is 0 Å². The number of anilines is 1. The third-order valence-corrected chi connectivity index (χ3v) is 2.75. The molecular formula is C11H10IN3O2. The van der Waals surface area contributed by atoms with Gasteiger partial charge in [-0.2, -0.15) is 9.97 Å². The molecule has 2 rings (SSSR count). The average molecular weight is 343 g/mol. The molecule has 0 spiro atoms. The molecule has 1 heterocycles. The number of nitrogens with zero attached hydrogens (tertiary/aromatic N) is 2. The van der Waals surface area contributed by atoms with Crippen molar-refractivity contribution >= 4 is 28.3 Å². The lowest BCUT2D eigenvalue weighted by Crippen LogP contribution is -2.00. The van der Waals surface area contributed by atoms with Gasteiger partial charge in [0.05, 0.1) is 7.11 Å². The van der Waals surface area contributed by atoms with Crippen LogP contribution in [0.3, 0.4) is 0 Å². The van der Waals surface area contributed by atoms with Gasteiger partial charge in [-0.15, -0.1) is 0 Å². The summed E-state index contributed by atoms with van der Waals surface area (Å²) in [6.07, 6.45) is 1.34. The third kappa shape index (κ3) is 2.76. The Morgan fingerprint density at radius 3 is 2.41 bits per heavy atom. The van der Waals surface area contributed by atoms with Crippen molar-refractivity contribution in [2.75, 3.05) is 12.8 Å². The molecule has 0 radical (unpaired) electrons. The number of benzene rings is 1. The molecule has 5 nitrogen and oxygen atoms in total. The molecule has 2 aromatic rings. The van der Waals surface area contributed by atoms with Crippen molar-refractivity contribution < 1.29 is 9.47 Å². The van der Waals surface area contributed by atoms with E-state index in [9.17, 15) is 0 Å². The molecule has 0 aliphatic carbocycles. The summed E-state index contributed by atoms with van der Waals surface area (Å²) in [4.78, 5) is 7.84. The van der Waals surface area contributed by atoms with E-state index in [-0.39, 0.29) is 11.6 Å². The van der Waals surface area contributed by atoms with Gasteiger partial charge in [0.1, 0.15) is 12.1 Å². The predicted octanol–water partition coefficient (Wildman–Crippen LogP) is 2.46. The fourth-order valence-corrected chi connectivity index (χ4v) is 1.58. The van der Waals surface area contributed by atoms with Crippen molar-refractivity contribution in [2.24, 2.45) is 0 Å². The van der Waals surface area contributed by atoms with Gasteiger partial charge in [-0.1, -0.05) is 0 Å². The number of nitrogens with two attached hydrogens (primary N) is 1. The Balaban J connectivity index is 2.27. The molecule has 1 aromatic heterocycles. The molecule has 0 saturated heterocycles. The minimum absolute atomic E-state index is 0.286. The van der Waals surface area contributed by atoms with Crippen LogP contribution >= 0.6 is 22.6 Å². The monoisotopic (exact) mass is 343 g/mol. The summed E-state index contributed by atoms with van der Waals surface area (Å²) >= 11 is 2.22. The Hall–Kier alpha value is -1.57. The summed E-state index contributed by atoms with van der Waals surface area (Å²) in [7, 11) is 1.49. The molecule has 2 N–H and O–H groups in total. The third-order valence-electron chi connectivity index (χ3n) is 2.03. The van der Waals surface area contributed by atoms with E-state index >= 15 is 0 Å². The highest BCUT2D eigenvalue weighted by atomic mass is 127. The van der Waals surface area contributed by atoms with Gasteiger partial charge in [0, 0.05) is 3.57 Å². The maximum atomic E-state index is 5.80. The van der Waals surface area contributed by atoms with Gasteiger partial charge in [-0.3, -0.25) is 0 Å². The van der Waals surface area contributed by atoms with E-state index in [1.165, 1.54) is 13.4 Å². The van der Waals surface area contributed by atoms with Crippen LogP contribution in [-0.4, -0.2) is 17.1 Å². The predicted molar refractivity (Wildman–Crippen MR) is 72.2 cm³/mol. The molecule has 6 heteroatoms. The quantitative estimate of drug-likeness (QED) is 0.867. The normalized spacial score (nSPS) is 10.0. The zero-order valence-corrected chi connectivity index (χ0v) is 11.2. The number of nitrogen functional groups attached to an aromatic ring is 1. The molecule has 0 saturated carbocycles. The molecule has 0 bridgehead atoms. The first-order chi connectivity index (χ1) is 8.20. The fraction of sp³-hybridized carbons (Fsp3) is 0.0909. The zero-order valence-electron chi connectivity index (χ0n) is 9.05. The smallest absolute Gasteiger partial charge is 0.249 e. The molecule has 88 valence electrons. The van der Waals surface area contributed by atoms with Crippen molar-refractivity contribution in [3.8, 4) is 17.5 Å². The van der Waals surface area contributed by atoms with Crippen LogP contribution in [0.25, 0.3) is 0 Å². The summed E-state index contributed by atoms with van der Waals surface area (Å²) in [5, 5.41) is 0. The highest BCUT2D eigenvalue weighted by Crippen LogP contribution is 2.30. The minimum Gasteiger partial charge on any atom is -0.479 e. The summed E-state index contributed by atoms with van der Waals surface area (Å²) in [6, 6.07) is 7.56. The van der Waals surface area contributed by atoms with Crippen molar-refractivity contribution in [3.63, 3.8) is 0 Å². The Morgan fingerprint density at radius 2 is 1.76 bits per heavy atom. The van der Waals surface area contributed by atoms with Gasteiger partial charge in [0.15, 0.2) is 5.69 Å². The molecule has 0 unspecified atom stereocenters. The zero-order chi connectivity index (χ0) is 12.3. The van der Waals surface area contributed by atoms with Crippen molar-refractivity contribution in [3.05, 3.63) is 34.2 Å². The first kappa shape index (κ1) is 11.9. The maximum Gasteiger partial charge on any atom is 0.249 e. The topological polar surface area (TPSA) is 70.3 Å².